The molecule has 2 heterocycles. The number of nitrogens with zero attached hydrogens (tertiary/aromatic N) is 3. The molecule has 0 unspecified atom stereocenters. The molecule has 1 aliphatic rings. The van der Waals surface area contributed by atoms with Crippen LogP contribution < -0.4 is 10.2 Å². The predicted octanol–water partition coefficient (Wildman–Crippen LogP) is 2.22. The van der Waals surface area contributed by atoms with E-state index in [1.54, 1.807) is 0 Å². The average molecular weight is 264 g/mol. The number of aromatic nitrogens is 2. The highest BCUT2D eigenvalue weighted by Gasteiger charge is 2.31. The van der Waals surface area contributed by atoms with E-state index in [2.05, 4.69) is 41.0 Å². The molecule has 0 amide bonds. The Hall–Kier alpha value is -1.36. The van der Waals surface area contributed by atoms with Crippen LogP contribution in [0.1, 0.15) is 32.9 Å². The third-order valence-electron chi connectivity index (χ3n) is 3.30. The molecule has 19 heavy (non-hydrogen) atoms. The van der Waals surface area contributed by atoms with Crippen LogP contribution in [-0.2, 0) is 4.74 Å². The first-order valence-corrected chi connectivity index (χ1v) is 6.98. The van der Waals surface area contributed by atoms with Crippen molar-refractivity contribution >= 4 is 11.8 Å². The first-order chi connectivity index (χ1) is 9.03. The molecule has 0 atom stereocenters. The number of anilines is 2. The van der Waals surface area contributed by atoms with E-state index in [1.165, 1.54) is 0 Å². The van der Waals surface area contributed by atoms with Crippen LogP contribution in [0.3, 0.4) is 0 Å². The van der Waals surface area contributed by atoms with Crippen molar-refractivity contribution in [1.29, 1.82) is 0 Å². The minimum Gasteiger partial charge on any atom is -0.377 e. The number of morpholine rings is 1. The Balaban J connectivity index is 2.25. The monoisotopic (exact) mass is 264 g/mol. The Morgan fingerprint density at radius 3 is 2.89 bits per heavy atom. The summed E-state index contributed by atoms with van der Waals surface area (Å²) in [6.45, 7) is 11.8. The number of rotatable bonds is 4. The molecule has 0 radical (unpaired) electrons. The molecular weight excluding hydrogens is 240 g/mol. The molecule has 5 nitrogen and oxygen atoms in total. The van der Waals surface area contributed by atoms with Gasteiger partial charge in [0.05, 0.1) is 18.8 Å². The van der Waals surface area contributed by atoms with Gasteiger partial charge in [0, 0.05) is 24.8 Å². The second-order valence-corrected chi connectivity index (χ2v) is 5.63. The van der Waals surface area contributed by atoms with Crippen LogP contribution in [0.2, 0.25) is 0 Å². The maximum Gasteiger partial charge on any atom is 0.224 e. The molecule has 1 saturated heterocycles. The van der Waals surface area contributed by atoms with Crippen LogP contribution in [0.15, 0.2) is 6.07 Å². The SMILES string of the molecule is CCCNc1nc(C)cc(N2CCOCC2(C)C)n1. The highest BCUT2D eigenvalue weighted by atomic mass is 16.5. The van der Waals surface area contributed by atoms with E-state index in [1.807, 2.05) is 13.0 Å². The van der Waals surface area contributed by atoms with Crippen molar-refractivity contribution in [3.63, 3.8) is 0 Å². The highest BCUT2D eigenvalue weighted by Crippen LogP contribution is 2.26. The topological polar surface area (TPSA) is 50.3 Å². The molecule has 0 spiro atoms. The van der Waals surface area contributed by atoms with Gasteiger partial charge < -0.3 is 15.0 Å². The van der Waals surface area contributed by atoms with Gasteiger partial charge in [-0.1, -0.05) is 6.92 Å². The zero-order chi connectivity index (χ0) is 13.9. The van der Waals surface area contributed by atoms with E-state index in [9.17, 15) is 0 Å². The van der Waals surface area contributed by atoms with Crippen molar-refractivity contribution in [2.75, 3.05) is 36.5 Å². The number of nitrogens with one attached hydrogen (secondary N) is 1. The summed E-state index contributed by atoms with van der Waals surface area (Å²) < 4.78 is 5.56. The predicted molar refractivity (Wildman–Crippen MR) is 77.8 cm³/mol. The van der Waals surface area contributed by atoms with Gasteiger partial charge in [-0.25, -0.2) is 4.98 Å². The second kappa shape index (κ2) is 5.74. The smallest absolute Gasteiger partial charge is 0.224 e. The van der Waals surface area contributed by atoms with Crippen LogP contribution in [0, 0.1) is 6.92 Å². The lowest BCUT2D eigenvalue weighted by Crippen LogP contribution is -2.53. The zero-order valence-corrected chi connectivity index (χ0v) is 12.4. The molecule has 0 aromatic carbocycles. The number of ether oxygens (including phenoxy) is 1. The minimum absolute atomic E-state index is 0.0267. The molecule has 1 aliphatic heterocycles. The molecule has 1 fully saturated rings. The number of hydrogen-bond acceptors (Lipinski definition) is 5. The van der Waals surface area contributed by atoms with Gasteiger partial charge in [-0.15, -0.1) is 0 Å². The van der Waals surface area contributed by atoms with E-state index in [-0.39, 0.29) is 5.54 Å². The molecule has 1 N–H and O–H groups in total. The standard InChI is InChI=1S/C14H24N4O/c1-5-6-15-13-16-11(2)9-12(17-13)18-7-8-19-10-14(18,3)4/h9H,5-8,10H2,1-4H3,(H,15,16,17). The van der Waals surface area contributed by atoms with Crippen LogP contribution in [0.5, 0.6) is 0 Å². The normalized spacial score (nSPS) is 18.4. The fourth-order valence-corrected chi connectivity index (χ4v) is 2.29. The van der Waals surface area contributed by atoms with E-state index in [0.29, 0.717) is 0 Å². The third kappa shape index (κ3) is 3.35. The fourth-order valence-electron chi connectivity index (χ4n) is 2.29. The molecule has 2 rings (SSSR count). The summed E-state index contributed by atoms with van der Waals surface area (Å²) in [5, 5.41) is 3.26. The second-order valence-electron chi connectivity index (χ2n) is 5.63. The van der Waals surface area contributed by atoms with Crippen LogP contribution >= 0.6 is 0 Å². The van der Waals surface area contributed by atoms with Crippen LogP contribution in [0.25, 0.3) is 0 Å². The Morgan fingerprint density at radius 2 is 2.21 bits per heavy atom. The van der Waals surface area contributed by atoms with Gasteiger partial charge in [-0.3, -0.25) is 0 Å². The van der Waals surface area contributed by atoms with E-state index < -0.39 is 0 Å². The largest absolute Gasteiger partial charge is 0.377 e. The van der Waals surface area contributed by atoms with Gasteiger partial charge >= 0.3 is 0 Å². The lowest BCUT2D eigenvalue weighted by atomic mass is 10.0. The van der Waals surface area contributed by atoms with Gasteiger partial charge in [0.2, 0.25) is 5.95 Å². The Bertz CT molecular complexity index is 433. The zero-order valence-electron chi connectivity index (χ0n) is 12.4. The minimum atomic E-state index is -0.0267. The van der Waals surface area contributed by atoms with E-state index in [0.717, 1.165) is 50.2 Å². The third-order valence-corrected chi connectivity index (χ3v) is 3.30. The Morgan fingerprint density at radius 1 is 1.42 bits per heavy atom. The molecule has 0 aliphatic carbocycles. The number of aryl methyl sites for hydroxylation is 1. The fraction of sp³-hybridized carbons (Fsp3) is 0.714. The van der Waals surface area contributed by atoms with Crippen molar-refractivity contribution in [2.45, 2.75) is 39.7 Å². The molecule has 106 valence electrons. The summed E-state index contributed by atoms with van der Waals surface area (Å²) in [7, 11) is 0. The first-order valence-electron chi connectivity index (χ1n) is 6.98. The van der Waals surface area contributed by atoms with Gasteiger partial charge in [-0.05, 0) is 27.2 Å². The van der Waals surface area contributed by atoms with Crippen molar-refractivity contribution in [1.82, 2.24) is 9.97 Å². The molecule has 0 bridgehead atoms. The quantitative estimate of drug-likeness (QED) is 0.903. The molecule has 0 saturated carbocycles. The van der Waals surface area contributed by atoms with E-state index in [4.69, 9.17) is 4.74 Å². The van der Waals surface area contributed by atoms with Gasteiger partial charge in [0.1, 0.15) is 5.82 Å². The lowest BCUT2D eigenvalue weighted by Gasteiger charge is -2.43. The molecule has 1 aromatic heterocycles. The summed E-state index contributed by atoms with van der Waals surface area (Å²) in [5.41, 5.74) is 0.965. The molecule has 1 aromatic rings. The van der Waals surface area contributed by atoms with Crippen LogP contribution in [0.4, 0.5) is 11.8 Å². The van der Waals surface area contributed by atoms with Crippen molar-refractivity contribution in [2.24, 2.45) is 0 Å². The Kier molecular flexibility index (Phi) is 4.24. The summed E-state index contributed by atoms with van der Waals surface area (Å²) >= 11 is 0. The van der Waals surface area contributed by atoms with Crippen LogP contribution in [-0.4, -0.2) is 41.8 Å². The molecular formula is C14H24N4O. The Labute approximate surface area is 115 Å². The maximum atomic E-state index is 5.56. The van der Waals surface area contributed by atoms with Crippen molar-refractivity contribution in [3.8, 4) is 0 Å². The van der Waals surface area contributed by atoms with Gasteiger partial charge in [-0.2, -0.15) is 4.98 Å². The number of hydrogen-bond donors (Lipinski definition) is 1. The van der Waals surface area contributed by atoms with Crippen molar-refractivity contribution < 1.29 is 4.74 Å². The highest BCUT2D eigenvalue weighted by molar-refractivity contribution is 5.47. The van der Waals surface area contributed by atoms with Crippen molar-refractivity contribution in [3.05, 3.63) is 11.8 Å². The summed E-state index contributed by atoms with van der Waals surface area (Å²) in [5.74, 6) is 1.71. The molecule has 5 heteroatoms. The van der Waals surface area contributed by atoms with Gasteiger partial charge in [0.15, 0.2) is 0 Å². The summed E-state index contributed by atoms with van der Waals surface area (Å²) in [4.78, 5) is 11.4. The average Bonchev–Trinajstić information content (AvgIpc) is 2.35. The van der Waals surface area contributed by atoms with Gasteiger partial charge in [0.25, 0.3) is 0 Å². The van der Waals surface area contributed by atoms with E-state index >= 15 is 0 Å². The first kappa shape index (κ1) is 14.1. The summed E-state index contributed by atoms with van der Waals surface area (Å²) in [6.07, 6.45) is 1.07. The maximum absolute atomic E-state index is 5.56. The lowest BCUT2D eigenvalue weighted by molar-refractivity contribution is 0.0639. The summed E-state index contributed by atoms with van der Waals surface area (Å²) in [6, 6.07) is 2.05.